The molecule has 4 rings (SSSR count). The molecule has 0 fully saturated rings. The molecule has 0 aliphatic heterocycles. The molecule has 0 heterocycles. The van der Waals surface area contributed by atoms with Gasteiger partial charge in [0.25, 0.3) is 0 Å². The van der Waals surface area contributed by atoms with Gasteiger partial charge in [-0.15, -0.1) is 27.8 Å². The van der Waals surface area contributed by atoms with E-state index in [1.54, 1.807) is 0 Å². The molecule has 0 saturated carbocycles. The first-order valence-corrected chi connectivity index (χ1v) is 14.2. The van der Waals surface area contributed by atoms with Gasteiger partial charge in [-0.2, -0.15) is 24.3 Å². The number of benzene rings is 2. The third-order valence-electron chi connectivity index (χ3n) is 3.45. The molecule has 0 bridgehead atoms. The molecular formula is C22H20Cl2FeP2Pd. The Morgan fingerprint density at radius 1 is 0.536 bits per heavy atom. The molecule has 0 N–H and O–H groups in total. The van der Waals surface area contributed by atoms with E-state index in [4.69, 9.17) is 19.1 Å². The Morgan fingerprint density at radius 3 is 1.11 bits per heavy atom. The van der Waals surface area contributed by atoms with E-state index < -0.39 is 0 Å². The van der Waals surface area contributed by atoms with Crippen LogP contribution in [0.1, 0.15) is 0 Å². The van der Waals surface area contributed by atoms with Gasteiger partial charge in [0.2, 0.25) is 0 Å². The average Bonchev–Trinajstić information content (AvgIpc) is 3.39. The Kier molecular flexibility index (Phi) is 15.2. The van der Waals surface area contributed by atoms with Crippen molar-refractivity contribution in [1.82, 2.24) is 0 Å². The molecule has 4 aromatic carbocycles. The molecule has 2 atom stereocenters. The van der Waals surface area contributed by atoms with Gasteiger partial charge in [0.05, 0.1) is 0 Å². The van der Waals surface area contributed by atoms with Crippen molar-refractivity contribution >= 4 is 57.4 Å². The van der Waals surface area contributed by atoms with Crippen molar-refractivity contribution in [2.45, 2.75) is 0 Å². The molecule has 28 heavy (non-hydrogen) atoms. The number of rotatable bonds is 4. The van der Waals surface area contributed by atoms with Crippen molar-refractivity contribution in [3.63, 3.8) is 0 Å². The van der Waals surface area contributed by atoms with Crippen LogP contribution in [0.3, 0.4) is 0 Å². The minimum absolute atomic E-state index is 0. The van der Waals surface area contributed by atoms with E-state index in [1.165, 1.54) is 21.2 Å². The molecule has 0 nitrogen and oxygen atoms in total. The van der Waals surface area contributed by atoms with Gasteiger partial charge in [-0.3, -0.25) is 0 Å². The van der Waals surface area contributed by atoms with Gasteiger partial charge >= 0.3 is 52.1 Å². The molecule has 0 saturated heterocycles. The molecule has 0 amide bonds. The van der Waals surface area contributed by atoms with Gasteiger partial charge in [0.15, 0.2) is 0 Å². The molecular weight excluding hydrogens is 559 g/mol. The normalized spacial score (nSPS) is 10.2. The van der Waals surface area contributed by atoms with Crippen LogP contribution >= 0.6 is 36.2 Å². The maximum absolute atomic E-state index is 4.81. The summed E-state index contributed by atoms with van der Waals surface area (Å²) in [6.45, 7) is 0. The second-order valence-electron chi connectivity index (χ2n) is 5.37. The molecule has 0 radical (unpaired) electrons. The van der Waals surface area contributed by atoms with Crippen molar-refractivity contribution in [3.8, 4) is 0 Å². The predicted octanol–water partition coefficient (Wildman–Crippen LogP) is 5.44. The quantitative estimate of drug-likeness (QED) is 0.172. The summed E-state index contributed by atoms with van der Waals surface area (Å²) in [6.07, 6.45) is 0. The summed E-state index contributed by atoms with van der Waals surface area (Å²) >= 11 is -0.106. The molecule has 0 aliphatic carbocycles. The standard InChI is InChI=1S/2C11H10P.2ClH.Fe.Pd/c2*1-2-6-10(7-3-1)12-11-8-4-5-9-11;;;;/h2*1-9,12H;2*1H;;/q2*-1;;;2*+2/p-2. The minimum Gasteiger partial charge on any atom is -0.213 e. The molecule has 150 valence electrons. The summed E-state index contributed by atoms with van der Waals surface area (Å²) < 4.78 is 0. The summed E-state index contributed by atoms with van der Waals surface area (Å²) in [6, 6.07) is 38.2. The van der Waals surface area contributed by atoms with Gasteiger partial charge in [-0.05, 0) is 10.6 Å². The van der Waals surface area contributed by atoms with E-state index in [1.807, 2.05) is 0 Å². The smallest absolute Gasteiger partial charge is 0.213 e. The Labute approximate surface area is 198 Å². The zero-order chi connectivity index (χ0) is 19.2. The second kappa shape index (κ2) is 16.5. The van der Waals surface area contributed by atoms with E-state index in [0.717, 1.165) is 17.2 Å². The van der Waals surface area contributed by atoms with Crippen molar-refractivity contribution in [2.75, 3.05) is 0 Å². The van der Waals surface area contributed by atoms with Crippen LogP contribution in [-0.4, -0.2) is 0 Å². The first kappa shape index (κ1) is 25.8. The van der Waals surface area contributed by atoms with Crippen LogP contribution in [0.4, 0.5) is 0 Å². The van der Waals surface area contributed by atoms with Gasteiger partial charge in [0, 0.05) is 0 Å². The minimum atomic E-state index is -0.106. The Morgan fingerprint density at radius 2 is 0.821 bits per heavy atom. The zero-order valence-electron chi connectivity index (χ0n) is 14.8. The van der Waals surface area contributed by atoms with E-state index in [9.17, 15) is 0 Å². The number of hydrogen-bond donors (Lipinski definition) is 0. The number of hydrogen-bond acceptors (Lipinski definition) is 0. The van der Waals surface area contributed by atoms with Crippen molar-refractivity contribution in [3.05, 3.63) is 109 Å². The third kappa shape index (κ3) is 11.1. The molecule has 0 aliphatic rings. The molecule has 6 heteroatoms. The van der Waals surface area contributed by atoms with Gasteiger partial charge in [0.1, 0.15) is 0 Å². The van der Waals surface area contributed by atoms with Crippen LogP contribution in [0.2, 0.25) is 0 Å². The average molecular weight is 580 g/mol. The topological polar surface area (TPSA) is 0 Å². The molecule has 0 spiro atoms. The fourth-order valence-electron chi connectivity index (χ4n) is 2.29. The molecule has 2 unspecified atom stereocenters. The van der Waals surface area contributed by atoms with Crippen LogP contribution < -0.4 is 21.2 Å². The van der Waals surface area contributed by atoms with Gasteiger partial charge in [-0.1, -0.05) is 60.7 Å². The van der Waals surface area contributed by atoms with Gasteiger partial charge < -0.3 is 0 Å². The second-order valence-corrected chi connectivity index (χ2v) is 10.5. The maximum Gasteiger partial charge on any atom is 2.00 e. The van der Waals surface area contributed by atoms with Crippen LogP contribution in [0, 0.1) is 0 Å². The van der Waals surface area contributed by atoms with Crippen molar-refractivity contribution < 1.29 is 33.0 Å². The molecule has 4 aromatic rings. The summed E-state index contributed by atoms with van der Waals surface area (Å²) in [7, 11) is 11.2. The Bertz CT molecular complexity index is 752. The van der Waals surface area contributed by atoms with Crippen LogP contribution in [0.5, 0.6) is 0 Å². The fraction of sp³-hybridized carbons (Fsp3) is 0. The van der Waals surface area contributed by atoms with Crippen molar-refractivity contribution in [1.29, 1.82) is 0 Å². The maximum atomic E-state index is 4.81. The van der Waals surface area contributed by atoms with Crippen LogP contribution in [0.25, 0.3) is 0 Å². The van der Waals surface area contributed by atoms with Gasteiger partial charge in [-0.25, -0.2) is 24.3 Å². The third-order valence-corrected chi connectivity index (χ3v) is 5.94. The molecule has 0 aromatic heterocycles. The summed E-state index contributed by atoms with van der Waals surface area (Å²) in [5.41, 5.74) is 0. The van der Waals surface area contributed by atoms with E-state index in [2.05, 4.69) is 109 Å². The predicted molar refractivity (Wildman–Crippen MR) is 124 cm³/mol. The summed E-state index contributed by atoms with van der Waals surface area (Å²) in [5.74, 6) is 0. The summed E-state index contributed by atoms with van der Waals surface area (Å²) in [5, 5.41) is 5.65. The first-order chi connectivity index (χ1) is 13.3. The SMILES string of the molecule is [Cl][Pd][Cl].[Fe+2].c1ccc(P[c-]2cccc2)cc1.c1ccc(P[c-]2cccc2)cc1. The number of halogens is 2. The first-order valence-electron chi connectivity index (χ1n) is 8.22. The van der Waals surface area contributed by atoms with E-state index >= 15 is 0 Å². The van der Waals surface area contributed by atoms with E-state index in [0.29, 0.717) is 0 Å². The van der Waals surface area contributed by atoms with Crippen LogP contribution in [-0.2, 0) is 33.0 Å². The fourth-order valence-corrected chi connectivity index (χ4v) is 4.39. The van der Waals surface area contributed by atoms with Crippen molar-refractivity contribution in [2.24, 2.45) is 0 Å². The summed E-state index contributed by atoms with van der Waals surface area (Å²) in [4.78, 5) is 0. The Hall–Kier alpha value is -0.238. The largest absolute Gasteiger partial charge is 2.00 e. The zero-order valence-corrected chi connectivity index (χ0v) is 21.0. The van der Waals surface area contributed by atoms with E-state index in [-0.39, 0.29) is 33.0 Å². The monoisotopic (exact) mass is 578 g/mol. The van der Waals surface area contributed by atoms with Crippen LogP contribution in [0.15, 0.2) is 109 Å². The Balaban J connectivity index is 0.000000239.